The van der Waals surface area contributed by atoms with Crippen LogP contribution in [0.2, 0.25) is 0 Å². The molecule has 102 valence electrons. The van der Waals surface area contributed by atoms with E-state index < -0.39 is 0 Å². The van der Waals surface area contributed by atoms with Gasteiger partial charge in [-0.05, 0) is 32.9 Å². The van der Waals surface area contributed by atoms with Crippen LogP contribution in [0.3, 0.4) is 0 Å². The highest BCUT2D eigenvalue weighted by Crippen LogP contribution is 2.21. The molecule has 1 N–H and O–H groups in total. The fourth-order valence-electron chi connectivity index (χ4n) is 1.98. The Labute approximate surface area is 114 Å². The largest absolute Gasteiger partial charge is 0.488 e. The highest BCUT2D eigenvalue weighted by molar-refractivity contribution is 5.44. The summed E-state index contributed by atoms with van der Waals surface area (Å²) in [6, 6.07) is 8.35. The van der Waals surface area contributed by atoms with Crippen molar-refractivity contribution in [1.82, 2.24) is 9.78 Å². The normalized spacial score (nSPS) is 10.5. The Morgan fingerprint density at radius 2 is 1.84 bits per heavy atom. The minimum Gasteiger partial charge on any atom is -0.488 e. The maximum Gasteiger partial charge on any atom is 0.163 e. The fourth-order valence-corrected chi connectivity index (χ4v) is 1.98. The number of aryl methyl sites for hydroxylation is 3. The Morgan fingerprint density at radius 3 is 2.42 bits per heavy atom. The Morgan fingerprint density at radius 1 is 1.16 bits per heavy atom. The average molecular weight is 259 g/mol. The molecule has 0 aliphatic rings. The van der Waals surface area contributed by atoms with E-state index in [1.165, 1.54) is 5.56 Å². The number of nitrogens with one attached hydrogen (secondary N) is 1. The number of benzene rings is 1. The number of hydrogen-bond acceptors (Lipinski definition) is 3. The SMILES string of the molecule is Cc1ccc(NCCOc2c(C)nn(C)c2C)cc1. The molecule has 0 bridgehead atoms. The molecule has 0 radical (unpaired) electrons. The van der Waals surface area contributed by atoms with E-state index in [0.29, 0.717) is 6.61 Å². The molecule has 0 spiro atoms. The van der Waals surface area contributed by atoms with Crippen LogP contribution in [0.4, 0.5) is 5.69 Å². The van der Waals surface area contributed by atoms with E-state index in [9.17, 15) is 0 Å². The molecule has 0 amide bonds. The standard InChI is InChI=1S/C15H21N3O/c1-11-5-7-14(8-6-11)16-9-10-19-15-12(2)17-18(4)13(15)3/h5-8,16H,9-10H2,1-4H3. The summed E-state index contributed by atoms with van der Waals surface area (Å²) in [6.45, 7) is 7.47. The van der Waals surface area contributed by atoms with Crippen LogP contribution in [0.1, 0.15) is 17.0 Å². The predicted octanol–water partition coefficient (Wildman–Crippen LogP) is 2.84. The van der Waals surface area contributed by atoms with Gasteiger partial charge in [0.15, 0.2) is 5.75 Å². The maximum absolute atomic E-state index is 5.79. The fraction of sp³-hybridized carbons (Fsp3) is 0.400. The summed E-state index contributed by atoms with van der Waals surface area (Å²) >= 11 is 0. The van der Waals surface area contributed by atoms with Crippen molar-refractivity contribution >= 4 is 5.69 Å². The van der Waals surface area contributed by atoms with E-state index in [2.05, 4.69) is 41.6 Å². The quantitative estimate of drug-likeness (QED) is 0.839. The first kappa shape index (κ1) is 13.5. The molecule has 4 heteroatoms. The van der Waals surface area contributed by atoms with Crippen LogP contribution in [0.25, 0.3) is 0 Å². The van der Waals surface area contributed by atoms with Crippen molar-refractivity contribution in [2.24, 2.45) is 7.05 Å². The van der Waals surface area contributed by atoms with Crippen molar-refractivity contribution in [3.05, 3.63) is 41.2 Å². The third kappa shape index (κ3) is 3.28. The minimum absolute atomic E-state index is 0.626. The van der Waals surface area contributed by atoms with E-state index in [1.807, 2.05) is 25.6 Å². The van der Waals surface area contributed by atoms with Crippen LogP contribution in [0.5, 0.6) is 5.75 Å². The highest BCUT2D eigenvalue weighted by Gasteiger charge is 2.09. The second kappa shape index (κ2) is 5.78. The van der Waals surface area contributed by atoms with Crippen LogP contribution in [0, 0.1) is 20.8 Å². The smallest absolute Gasteiger partial charge is 0.163 e. The van der Waals surface area contributed by atoms with Gasteiger partial charge >= 0.3 is 0 Å². The van der Waals surface area contributed by atoms with Gasteiger partial charge in [0.2, 0.25) is 0 Å². The van der Waals surface area contributed by atoms with Crippen molar-refractivity contribution in [3.8, 4) is 5.75 Å². The lowest BCUT2D eigenvalue weighted by atomic mass is 10.2. The third-order valence-electron chi connectivity index (χ3n) is 3.17. The highest BCUT2D eigenvalue weighted by atomic mass is 16.5. The summed E-state index contributed by atoms with van der Waals surface area (Å²) in [7, 11) is 1.93. The summed E-state index contributed by atoms with van der Waals surface area (Å²) in [5.74, 6) is 0.896. The molecule has 1 aromatic carbocycles. The second-order valence-electron chi connectivity index (χ2n) is 4.76. The van der Waals surface area contributed by atoms with Gasteiger partial charge in [0.05, 0.1) is 5.69 Å². The number of ether oxygens (including phenoxy) is 1. The molecule has 0 atom stereocenters. The van der Waals surface area contributed by atoms with Gasteiger partial charge in [-0.2, -0.15) is 5.10 Å². The van der Waals surface area contributed by atoms with Crippen molar-refractivity contribution in [2.45, 2.75) is 20.8 Å². The van der Waals surface area contributed by atoms with Crippen LogP contribution in [-0.2, 0) is 7.05 Å². The van der Waals surface area contributed by atoms with Gasteiger partial charge < -0.3 is 10.1 Å². The number of nitrogens with zero attached hydrogens (tertiary/aromatic N) is 2. The Hall–Kier alpha value is -1.97. The molecule has 1 aromatic heterocycles. The molecular formula is C15H21N3O. The second-order valence-corrected chi connectivity index (χ2v) is 4.76. The zero-order chi connectivity index (χ0) is 13.8. The summed E-state index contributed by atoms with van der Waals surface area (Å²) in [5, 5.41) is 7.66. The summed E-state index contributed by atoms with van der Waals surface area (Å²) < 4.78 is 7.63. The molecule has 2 aromatic rings. The molecule has 0 saturated heterocycles. The van der Waals surface area contributed by atoms with Crippen molar-refractivity contribution in [2.75, 3.05) is 18.5 Å². The van der Waals surface area contributed by atoms with Gasteiger partial charge in [-0.1, -0.05) is 17.7 Å². The molecule has 0 saturated carbocycles. The van der Waals surface area contributed by atoms with Crippen LogP contribution < -0.4 is 10.1 Å². The average Bonchev–Trinajstić information content (AvgIpc) is 2.62. The lowest BCUT2D eigenvalue weighted by Gasteiger charge is -2.09. The van der Waals surface area contributed by atoms with E-state index in [4.69, 9.17) is 4.74 Å². The van der Waals surface area contributed by atoms with Gasteiger partial charge in [0.25, 0.3) is 0 Å². The predicted molar refractivity (Wildman–Crippen MR) is 77.8 cm³/mol. The molecule has 2 rings (SSSR count). The molecule has 0 fully saturated rings. The third-order valence-corrected chi connectivity index (χ3v) is 3.17. The van der Waals surface area contributed by atoms with Gasteiger partial charge in [-0.3, -0.25) is 4.68 Å². The number of anilines is 1. The van der Waals surface area contributed by atoms with E-state index in [1.54, 1.807) is 0 Å². The van der Waals surface area contributed by atoms with Crippen molar-refractivity contribution in [3.63, 3.8) is 0 Å². The topological polar surface area (TPSA) is 39.1 Å². The first-order chi connectivity index (χ1) is 9.08. The number of hydrogen-bond donors (Lipinski definition) is 1. The first-order valence-electron chi connectivity index (χ1n) is 6.51. The lowest BCUT2D eigenvalue weighted by Crippen LogP contribution is -2.12. The number of aromatic nitrogens is 2. The zero-order valence-electron chi connectivity index (χ0n) is 12.0. The first-order valence-corrected chi connectivity index (χ1v) is 6.51. The van der Waals surface area contributed by atoms with E-state index in [-0.39, 0.29) is 0 Å². The molecule has 4 nitrogen and oxygen atoms in total. The van der Waals surface area contributed by atoms with Crippen LogP contribution in [0.15, 0.2) is 24.3 Å². The number of rotatable bonds is 5. The summed E-state index contributed by atoms with van der Waals surface area (Å²) in [5.41, 5.74) is 4.39. The van der Waals surface area contributed by atoms with E-state index >= 15 is 0 Å². The molecule has 0 unspecified atom stereocenters. The van der Waals surface area contributed by atoms with Gasteiger partial charge in [0, 0.05) is 19.3 Å². The monoisotopic (exact) mass is 259 g/mol. The minimum atomic E-state index is 0.626. The maximum atomic E-state index is 5.79. The van der Waals surface area contributed by atoms with Crippen LogP contribution in [-0.4, -0.2) is 22.9 Å². The van der Waals surface area contributed by atoms with Crippen LogP contribution >= 0.6 is 0 Å². The molecule has 19 heavy (non-hydrogen) atoms. The van der Waals surface area contributed by atoms with Crippen molar-refractivity contribution in [1.29, 1.82) is 0 Å². The molecule has 0 aliphatic carbocycles. The Bertz CT molecular complexity index is 543. The molecule has 0 aliphatic heterocycles. The van der Waals surface area contributed by atoms with Gasteiger partial charge in [-0.15, -0.1) is 0 Å². The van der Waals surface area contributed by atoms with Gasteiger partial charge in [-0.25, -0.2) is 0 Å². The summed E-state index contributed by atoms with van der Waals surface area (Å²) in [6.07, 6.45) is 0. The Kier molecular flexibility index (Phi) is 4.10. The van der Waals surface area contributed by atoms with Gasteiger partial charge in [0.1, 0.15) is 12.3 Å². The molecular weight excluding hydrogens is 238 g/mol. The molecule has 1 heterocycles. The summed E-state index contributed by atoms with van der Waals surface area (Å²) in [4.78, 5) is 0. The zero-order valence-corrected chi connectivity index (χ0v) is 12.0. The lowest BCUT2D eigenvalue weighted by molar-refractivity contribution is 0.328. The van der Waals surface area contributed by atoms with Crippen molar-refractivity contribution < 1.29 is 4.74 Å². The van der Waals surface area contributed by atoms with E-state index in [0.717, 1.165) is 29.4 Å². The Balaban J connectivity index is 1.82.